The molecule has 0 saturated carbocycles. The highest BCUT2D eigenvalue weighted by Crippen LogP contribution is 2.35. The smallest absolute Gasteiger partial charge is 0.419 e. The molecule has 22 heavy (non-hydrogen) atoms. The molecule has 0 bridgehead atoms. The molecule has 1 amide bonds. The number of carboxylic acids is 1. The Bertz CT molecular complexity index is 600. The maximum absolute atomic E-state index is 13.5. The van der Waals surface area contributed by atoms with Crippen molar-refractivity contribution in [1.82, 2.24) is 4.90 Å². The van der Waals surface area contributed by atoms with E-state index in [2.05, 4.69) is 0 Å². The lowest BCUT2D eigenvalue weighted by molar-refractivity contribution is -0.143. The van der Waals surface area contributed by atoms with E-state index in [1.54, 1.807) is 0 Å². The third kappa shape index (κ3) is 3.37. The lowest BCUT2D eigenvalue weighted by Gasteiger charge is -2.25. The molecule has 1 aromatic carbocycles. The van der Waals surface area contributed by atoms with Gasteiger partial charge in [-0.3, -0.25) is 9.59 Å². The number of carbonyl (C=O) groups excluding carboxylic acids is 1. The number of aliphatic carboxylic acids is 1. The summed E-state index contributed by atoms with van der Waals surface area (Å²) in [6.45, 7) is -0.455. The van der Waals surface area contributed by atoms with Crippen LogP contribution in [-0.4, -0.2) is 27.9 Å². The summed E-state index contributed by atoms with van der Waals surface area (Å²) < 4.78 is 52.4. The average Bonchev–Trinajstić information content (AvgIpc) is 2.69. The monoisotopic (exact) mass is 319 g/mol. The van der Waals surface area contributed by atoms with Crippen molar-refractivity contribution < 1.29 is 32.3 Å². The fraction of sp³-hybridized carbons (Fsp3) is 0.429. The lowest BCUT2D eigenvalue weighted by atomic mass is 10.0. The van der Waals surface area contributed by atoms with Gasteiger partial charge in [0.1, 0.15) is 5.82 Å². The van der Waals surface area contributed by atoms with Gasteiger partial charge < -0.3 is 10.0 Å². The zero-order valence-electron chi connectivity index (χ0n) is 11.4. The summed E-state index contributed by atoms with van der Waals surface area (Å²) in [6.07, 6.45) is -4.88. The van der Waals surface area contributed by atoms with Gasteiger partial charge in [0.25, 0.3) is 0 Å². The Balaban J connectivity index is 2.31. The zero-order chi connectivity index (χ0) is 16.5. The third-order valence-corrected chi connectivity index (χ3v) is 3.59. The highest BCUT2D eigenvalue weighted by atomic mass is 19.4. The van der Waals surface area contributed by atoms with Gasteiger partial charge in [0.2, 0.25) is 5.91 Å². The Labute approximate surface area is 123 Å². The van der Waals surface area contributed by atoms with Gasteiger partial charge in [-0.25, -0.2) is 4.39 Å². The van der Waals surface area contributed by atoms with Crippen LogP contribution in [0.4, 0.5) is 17.6 Å². The van der Waals surface area contributed by atoms with Gasteiger partial charge in [-0.15, -0.1) is 0 Å². The van der Waals surface area contributed by atoms with Crippen LogP contribution in [0.5, 0.6) is 0 Å². The quantitative estimate of drug-likeness (QED) is 0.868. The summed E-state index contributed by atoms with van der Waals surface area (Å²) in [7, 11) is 0. The van der Waals surface area contributed by atoms with Crippen molar-refractivity contribution in [2.24, 2.45) is 0 Å². The van der Waals surface area contributed by atoms with E-state index in [0.717, 1.165) is 17.0 Å². The molecule has 1 unspecified atom stereocenters. The molecule has 1 heterocycles. The number of amides is 1. The Kier molecular flexibility index (Phi) is 4.39. The molecule has 1 aliphatic heterocycles. The van der Waals surface area contributed by atoms with Crippen LogP contribution in [0.2, 0.25) is 0 Å². The number of carboxylic acid groups (broad SMARTS) is 1. The molecule has 0 radical (unpaired) electrons. The molecule has 1 saturated heterocycles. The molecular weight excluding hydrogens is 306 g/mol. The Morgan fingerprint density at radius 2 is 2.05 bits per heavy atom. The van der Waals surface area contributed by atoms with Gasteiger partial charge in [0, 0.05) is 19.0 Å². The molecule has 1 N–H and O–H groups in total. The van der Waals surface area contributed by atoms with Crippen molar-refractivity contribution in [2.45, 2.75) is 38.0 Å². The number of likely N-dealkylation sites (tertiary alicyclic amines) is 1. The summed E-state index contributed by atoms with van der Waals surface area (Å²) in [5.41, 5.74) is -1.79. The molecule has 4 nitrogen and oxygen atoms in total. The highest BCUT2D eigenvalue weighted by Gasteiger charge is 2.39. The second kappa shape index (κ2) is 5.94. The van der Waals surface area contributed by atoms with E-state index in [4.69, 9.17) is 5.11 Å². The molecule has 120 valence electrons. The SMILES string of the molecule is O=C(O)CC1CCC(=O)N1Cc1cccc(F)c1C(F)(F)F. The standard InChI is InChI=1S/C14H13F4NO3/c15-10-3-1-2-8(13(10)14(16,17)18)7-19-9(6-12(21)22)4-5-11(19)20/h1-3,9H,4-7H2,(H,21,22). The van der Waals surface area contributed by atoms with E-state index in [1.807, 2.05) is 0 Å². The summed E-state index contributed by atoms with van der Waals surface area (Å²) >= 11 is 0. The number of alkyl halides is 3. The van der Waals surface area contributed by atoms with E-state index in [-0.39, 0.29) is 24.8 Å². The fourth-order valence-corrected chi connectivity index (χ4v) is 2.63. The third-order valence-electron chi connectivity index (χ3n) is 3.59. The van der Waals surface area contributed by atoms with Crippen molar-refractivity contribution in [3.05, 3.63) is 35.1 Å². The van der Waals surface area contributed by atoms with Crippen molar-refractivity contribution in [3.63, 3.8) is 0 Å². The summed E-state index contributed by atoms with van der Waals surface area (Å²) in [5.74, 6) is -2.98. The fourth-order valence-electron chi connectivity index (χ4n) is 2.63. The largest absolute Gasteiger partial charge is 0.481 e. The number of halogens is 4. The number of hydrogen-bond donors (Lipinski definition) is 1. The Morgan fingerprint density at radius 1 is 1.36 bits per heavy atom. The second-order valence-corrected chi connectivity index (χ2v) is 5.08. The van der Waals surface area contributed by atoms with E-state index < -0.39 is 42.0 Å². The van der Waals surface area contributed by atoms with Gasteiger partial charge >= 0.3 is 12.1 Å². The minimum atomic E-state index is -4.88. The van der Waals surface area contributed by atoms with Crippen molar-refractivity contribution in [3.8, 4) is 0 Å². The Morgan fingerprint density at radius 3 is 2.64 bits per heavy atom. The molecular formula is C14H13F4NO3. The average molecular weight is 319 g/mol. The van der Waals surface area contributed by atoms with Gasteiger partial charge in [0.05, 0.1) is 12.0 Å². The normalized spacial score (nSPS) is 18.8. The maximum Gasteiger partial charge on any atom is 0.419 e. The molecule has 0 aromatic heterocycles. The van der Waals surface area contributed by atoms with Gasteiger partial charge in [-0.1, -0.05) is 12.1 Å². The first-order valence-corrected chi connectivity index (χ1v) is 6.56. The number of carbonyl (C=O) groups is 2. The number of nitrogens with zero attached hydrogens (tertiary/aromatic N) is 1. The maximum atomic E-state index is 13.5. The lowest BCUT2D eigenvalue weighted by Crippen LogP contribution is -2.34. The molecule has 8 heteroatoms. The molecule has 1 aromatic rings. The summed E-state index contributed by atoms with van der Waals surface area (Å²) in [5, 5.41) is 8.79. The molecule has 0 aliphatic carbocycles. The molecule has 1 aliphatic rings. The topological polar surface area (TPSA) is 57.6 Å². The molecule has 0 spiro atoms. The van der Waals surface area contributed by atoms with Gasteiger partial charge in [0.15, 0.2) is 0 Å². The predicted molar refractivity (Wildman–Crippen MR) is 67.2 cm³/mol. The minimum Gasteiger partial charge on any atom is -0.481 e. The minimum absolute atomic E-state index is 0.0780. The van der Waals surface area contributed by atoms with Gasteiger partial charge in [-0.05, 0) is 18.1 Å². The van der Waals surface area contributed by atoms with Crippen LogP contribution in [0.3, 0.4) is 0 Å². The van der Waals surface area contributed by atoms with E-state index in [0.29, 0.717) is 6.07 Å². The number of rotatable bonds is 4. The van der Waals surface area contributed by atoms with Crippen LogP contribution < -0.4 is 0 Å². The van der Waals surface area contributed by atoms with Crippen molar-refractivity contribution >= 4 is 11.9 Å². The molecule has 2 rings (SSSR count). The number of benzene rings is 1. The summed E-state index contributed by atoms with van der Waals surface area (Å²) in [4.78, 5) is 23.6. The first-order chi connectivity index (χ1) is 10.2. The Hall–Kier alpha value is -2.12. The van der Waals surface area contributed by atoms with Crippen LogP contribution in [0.15, 0.2) is 18.2 Å². The van der Waals surface area contributed by atoms with Crippen LogP contribution in [0.1, 0.15) is 30.4 Å². The first kappa shape index (κ1) is 16.3. The van der Waals surface area contributed by atoms with E-state index in [9.17, 15) is 27.2 Å². The van der Waals surface area contributed by atoms with Crippen LogP contribution in [-0.2, 0) is 22.3 Å². The van der Waals surface area contributed by atoms with Crippen LogP contribution in [0.25, 0.3) is 0 Å². The van der Waals surface area contributed by atoms with Crippen LogP contribution in [0, 0.1) is 5.82 Å². The summed E-state index contributed by atoms with van der Waals surface area (Å²) in [6, 6.07) is 2.25. The van der Waals surface area contributed by atoms with Crippen LogP contribution >= 0.6 is 0 Å². The number of hydrogen-bond acceptors (Lipinski definition) is 2. The molecule has 1 atom stereocenters. The van der Waals surface area contributed by atoms with E-state index >= 15 is 0 Å². The first-order valence-electron chi connectivity index (χ1n) is 6.56. The van der Waals surface area contributed by atoms with Crippen molar-refractivity contribution in [2.75, 3.05) is 0 Å². The highest BCUT2D eigenvalue weighted by molar-refractivity contribution is 5.80. The predicted octanol–water partition coefficient (Wildman–Crippen LogP) is 2.81. The second-order valence-electron chi connectivity index (χ2n) is 5.08. The zero-order valence-corrected chi connectivity index (χ0v) is 11.4. The van der Waals surface area contributed by atoms with E-state index in [1.165, 1.54) is 0 Å². The van der Waals surface area contributed by atoms with Crippen molar-refractivity contribution in [1.29, 1.82) is 0 Å². The molecule has 1 fully saturated rings. The van der Waals surface area contributed by atoms with Gasteiger partial charge in [-0.2, -0.15) is 13.2 Å².